The van der Waals surface area contributed by atoms with Gasteiger partial charge in [0.2, 0.25) is 11.8 Å². The van der Waals surface area contributed by atoms with Crippen molar-refractivity contribution < 1.29 is 9.59 Å². The van der Waals surface area contributed by atoms with Gasteiger partial charge in [-0.05, 0) is 37.0 Å². The molecule has 1 aromatic rings. The second kappa shape index (κ2) is 8.11. The summed E-state index contributed by atoms with van der Waals surface area (Å²) in [5.41, 5.74) is 8.37. The van der Waals surface area contributed by atoms with Crippen molar-refractivity contribution in [1.82, 2.24) is 0 Å². The summed E-state index contributed by atoms with van der Waals surface area (Å²) in [4.78, 5) is 23.5. The van der Waals surface area contributed by atoms with Crippen LogP contribution < -0.4 is 16.4 Å². The van der Waals surface area contributed by atoms with E-state index in [-0.39, 0.29) is 11.8 Å². The second-order valence-electron chi connectivity index (χ2n) is 6.55. The number of benzene rings is 1. The van der Waals surface area contributed by atoms with Crippen molar-refractivity contribution in [2.24, 2.45) is 11.7 Å². The number of anilines is 2. The summed E-state index contributed by atoms with van der Waals surface area (Å²) < 4.78 is 0. The van der Waals surface area contributed by atoms with Crippen LogP contribution in [0.15, 0.2) is 18.2 Å². The SMILES string of the molecule is CC(=O)Nc1cc(NC(=O)C(N)CC2CCCCC2)ccc1C. The lowest BCUT2D eigenvalue weighted by Gasteiger charge is -2.24. The molecule has 1 atom stereocenters. The minimum absolute atomic E-state index is 0.134. The van der Waals surface area contributed by atoms with Gasteiger partial charge in [0.25, 0.3) is 0 Å². The van der Waals surface area contributed by atoms with E-state index in [1.165, 1.54) is 39.0 Å². The molecule has 1 unspecified atom stereocenters. The summed E-state index contributed by atoms with van der Waals surface area (Å²) in [6.07, 6.45) is 6.90. The standard InChI is InChI=1S/C18H27N3O2/c1-12-8-9-15(11-17(12)20-13(2)22)21-18(23)16(19)10-14-6-4-3-5-7-14/h8-9,11,14,16H,3-7,10,19H2,1-2H3,(H,20,22)(H,21,23). The molecule has 0 aromatic heterocycles. The summed E-state index contributed by atoms with van der Waals surface area (Å²) in [7, 11) is 0. The molecule has 0 bridgehead atoms. The van der Waals surface area contributed by atoms with Crippen LogP contribution in [0.25, 0.3) is 0 Å². The van der Waals surface area contributed by atoms with Gasteiger partial charge in [-0.15, -0.1) is 0 Å². The Kier molecular flexibility index (Phi) is 6.16. The molecule has 1 aliphatic carbocycles. The van der Waals surface area contributed by atoms with Crippen molar-refractivity contribution in [3.05, 3.63) is 23.8 Å². The maximum absolute atomic E-state index is 12.3. The van der Waals surface area contributed by atoms with Crippen LogP contribution in [-0.2, 0) is 9.59 Å². The predicted molar refractivity (Wildman–Crippen MR) is 93.3 cm³/mol. The van der Waals surface area contributed by atoms with Crippen molar-refractivity contribution in [2.45, 2.75) is 58.4 Å². The van der Waals surface area contributed by atoms with Crippen LogP contribution in [0.5, 0.6) is 0 Å². The molecule has 0 heterocycles. The quantitative estimate of drug-likeness (QED) is 0.779. The maximum atomic E-state index is 12.3. The molecule has 0 aliphatic heterocycles. The Bertz CT molecular complexity index is 565. The van der Waals surface area contributed by atoms with E-state index in [9.17, 15) is 9.59 Å². The van der Waals surface area contributed by atoms with E-state index in [2.05, 4.69) is 10.6 Å². The third kappa shape index (κ3) is 5.36. The molecule has 1 aliphatic rings. The molecule has 23 heavy (non-hydrogen) atoms. The normalized spacial score (nSPS) is 16.7. The molecule has 0 spiro atoms. The van der Waals surface area contributed by atoms with Crippen LogP contribution in [-0.4, -0.2) is 17.9 Å². The number of carbonyl (C=O) groups excluding carboxylic acids is 2. The van der Waals surface area contributed by atoms with Gasteiger partial charge in [-0.2, -0.15) is 0 Å². The van der Waals surface area contributed by atoms with Crippen molar-refractivity contribution in [1.29, 1.82) is 0 Å². The van der Waals surface area contributed by atoms with Crippen LogP contribution in [0.4, 0.5) is 11.4 Å². The van der Waals surface area contributed by atoms with Crippen LogP contribution in [0.2, 0.25) is 0 Å². The highest BCUT2D eigenvalue weighted by atomic mass is 16.2. The fraction of sp³-hybridized carbons (Fsp3) is 0.556. The van der Waals surface area contributed by atoms with Gasteiger partial charge in [0.15, 0.2) is 0 Å². The Labute approximate surface area is 138 Å². The molecule has 2 rings (SSSR count). The molecule has 5 nitrogen and oxygen atoms in total. The number of amides is 2. The first-order valence-corrected chi connectivity index (χ1v) is 8.40. The van der Waals surface area contributed by atoms with Crippen molar-refractivity contribution in [3.63, 3.8) is 0 Å². The van der Waals surface area contributed by atoms with E-state index >= 15 is 0 Å². The fourth-order valence-corrected chi connectivity index (χ4v) is 3.15. The van der Waals surface area contributed by atoms with Crippen molar-refractivity contribution in [2.75, 3.05) is 10.6 Å². The average molecular weight is 317 g/mol. The van der Waals surface area contributed by atoms with E-state index in [0.29, 0.717) is 17.3 Å². The summed E-state index contributed by atoms with van der Waals surface area (Å²) in [6, 6.07) is 4.98. The number of nitrogens with one attached hydrogen (secondary N) is 2. The fourth-order valence-electron chi connectivity index (χ4n) is 3.15. The zero-order chi connectivity index (χ0) is 16.8. The van der Waals surface area contributed by atoms with Crippen LogP contribution >= 0.6 is 0 Å². The van der Waals surface area contributed by atoms with Gasteiger partial charge < -0.3 is 16.4 Å². The van der Waals surface area contributed by atoms with E-state index in [1.807, 2.05) is 19.1 Å². The molecule has 5 heteroatoms. The van der Waals surface area contributed by atoms with E-state index in [0.717, 1.165) is 12.0 Å². The zero-order valence-corrected chi connectivity index (χ0v) is 14.0. The lowest BCUT2D eigenvalue weighted by Crippen LogP contribution is -2.37. The second-order valence-corrected chi connectivity index (χ2v) is 6.55. The van der Waals surface area contributed by atoms with Gasteiger partial charge in [-0.1, -0.05) is 38.2 Å². The van der Waals surface area contributed by atoms with Crippen LogP contribution in [0, 0.1) is 12.8 Å². The summed E-state index contributed by atoms with van der Waals surface area (Å²) in [5.74, 6) is 0.274. The first kappa shape index (κ1) is 17.5. The monoisotopic (exact) mass is 317 g/mol. The largest absolute Gasteiger partial charge is 0.326 e. The lowest BCUT2D eigenvalue weighted by molar-refractivity contribution is -0.118. The van der Waals surface area contributed by atoms with Gasteiger partial charge in [0.05, 0.1) is 6.04 Å². The average Bonchev–Trinajstić information content (AvgIpc) is 2.51. The Hall–Kier alpha value is -1.88. The van der Waals surface area contributed by atoms with E-state index in [4.69, 9.17) is 5.73 Å². The number of hydrogen-bond acceptors (Lipinski definition) is 3. The Morgan fingerprint density at radius 3 is 2.57 bits per heavy atom. The number of carbonyl (C=O) groups is 2. The molecule has 126 valence electrons. The van der Waals surface area contributed by atoms with Gasteiger partial charge in [0.1, 0.15) is 0 Å². The molecular weight excluding hydrogens is 290 g/mol. The molecule has 1 aromatic carbocycles. The molecular formula is C18H27N3O2. The van der Waals surface area contributed by atoms with Gasteiger partial charge in [-0.3, -0.25) is 9.59 Å². The third-order valence-electron chi connectivity index (χ3n) is 4.46. The molecule has 1 fully saturated rings. The van der Waals surface area contributed by atoms with Gasteiger partial charge in [0, 0.05) is 18.3 Å². The molecule has 0 saturated heterocycles. The minimum Gasteiger partial charge on any atom is -0.326 e. The van der Waals surface area contributed by atoms with Gasteiger partial charge >= 0.3 is 0 Å². The maximum Gasteiger partial charge on any atom is 0.241 e. The zero-order valence-electron chi connectivity index (χ0n) is 14.0. The summed E-state index contributed by atoms with van der Waals surface area (Å²) >= 11 is 0. The first-order chi connectivity index (χ1) is 11.0. The Morgan fingerprint density at radius 1 is 1.22 bits per heavy atom. The minimum atomic E-state index is -0.483. The van der Waals surface area contributed by atoms with Crippen LogP contribution in [0.1, 0.15) is 51.0 Å². The highest BCUT2D eigenvalue weighted by Gasteiger charge is 2.21. The summed E-state index contributed by atoms with van der Waals surface area (Å²) in [6.45, 7) is 3.37. The smallest absolute Gasteiger partial charge is 0.241 e. The third-order valence-corrected chi connectivity index (χ3v) is 4.46. The topological polar surface area (TPSA) is 84.2 Å². The Morgan fingerprint density at radius 2 is 1.91 bits per heavy atom. The Balaban J connectivity index is 1.94. The van der Waals surface area contributed by atoms with Crippen molar-refractivity contribution in [3.8, 4) is 0 Å². The van der Waals surface area contributed by atoms with Crippen LogP contribution in [0.3, 0.4) is 0 Å². The molecule has 1 saturated carbocycles. The van der Waals surface area contributed by atoms with Gasteiger partial charge in [-0.25, -0.2) is 0 Å². The number of aryl methyl sites for hydroxylation is 1. The molecule has 2 amide bonds. The highest BCUT2D eigenvalue weighted by Crippen LogP contribution is 2.27. The lowest BCUT2D eigenvalue weighted by atomic mass is 9.85. The first-order valence-electron chi connectivity index (χ1n) is 8.40. The number of hydrogen-bond donors (Lipinski definition) is 3. The van der Waals surface area contributed by atoms with Crippen molar-refractivity contribution >= 4 is 23.2 Å². The number of rotatable bonds is 5. The van der Waals surface area contributed by atoms with E-state index in [1.54, 1.807) is 6.07 Å². The molecule has 4 N–H and O–H groups in total. The van der Waals surface area contributed by atoms with E-state index < -0.39 is 6.04 Å². The summed E-state index contributed by atoms with van der Waals surface area (Å²) in [5, 5.41) is 5.62. The predicted octanol–water partition coefficient (Wildman–Crippen LogP) is 3.19. The number of nitrogens with two attached hydrogens (primary N) is 1. The highest BCUT2D eigenvalue weighted by molar-refractivity contribution is 5.96. The molecule has 0 radical (unpaired) electrons.